The molecule has 0 spiro atoms. The van der Waals surface area contributed by atoms with Crippen LogP contribution >= 0.6 is 15.9 Å². The minimum absolute atomic E-state index is 0.315. The van der Waals surface area contributed by atoms with Gasteiger partial charge in [-0.15, -0.1) is 10.2 Å². The lowest BCUT2D eigenvalue weighted by Crippen LogP contribution is -2.49. The van der Waals surface area contributed by atoms with Crippen LogP contribution < -0.4 is 9.80 Å². The fourth-order valence-electron chi connectivity index (χ4n) is 3.91. The van der Waals surface area contributed by atoms with Crippen molar-refractivity contribution in [1.82, 2.24) is 14.5 Å². The third kappa shape index (κ3) is 4.57. The first kappa shape index (κ1) is 20.6. The molecule has 0 amide bonds. The summed E-state index contributed by atoms with van der Waals surface area (Å²) in [4.78, 5) is 4.73. The molecule has 0 radical (unpaired) electrons. The van der Waals surface area contributed by atoms with Gasteiger partial charge < -0.3 is 9.80 Å². The molecule has 29 heavy (non-hydrogen) atoms. The third-order valence-electron chi connectivity index (χ3n) is 5.58. The van der Waals surface area contributed by atoms with Gasteiger partial charge in [-0.2, -0.15) is 4.31 Å². The average Bonchev–Trinajstić information content (AvgIpc) is 3.04. The Labute approximate surface area is 180 Å². The van der Waals surface area contributed by atoms with E-state index in [1.54, 1.807) is 22.5 Å². The van der Waals surface area contributed by atoms with Gasteiger partial charge in [-0.3, -0.25) is 0 Å². The molecule has 2 aliphatic heterocycles. The molecule has 4 rings (SSSR count). The molecule has 0 aliphatic carbocycles. The molecule has 1 aromatic heterocycles. The number of piperazine rings is 1. The lowest BCUT2D eigenvalue weighted by Gasteiger charge is -2.34. The zero-order valence-electron chi connectivity index (χ0n) is 16.4. The number of hydrogen-bond acceptors (Lipinski definition) is 6. The number of aromatic nitrogens is 2. The van der Waals surface area contributed by atoms with E-state index in [9.17, 15) is 8.42 Å². The Balaban J connectivity index is 1.40. The van der Waals surface area contributed by atoms with Gasteiger partial charge in [0, 0.05) is 43.7 Å². The Hall–Kier alpha value is -1.71. The summed E-state index contributed by atoms with van der Waals surface area (Å²) in [7, 11) is -3.51. The normalized spacial score (nSPS) is 19.2. The predicted octanol–water partition coefficient (Wildman–Crippen LogP) is 3.13. The molecular weight excluding hydrogens is 454 g/mol. The van der Waals surface area contributed by atoms with Crippen LogP contribution in [0, 0.1) is 0 Å². The highest BCUT2D eigenvalue weighted by molar-refractivity contribution is 9.10. The molecule has 2 saturated heterocycles. The summed E-state index contributed by atoms with van der Waals surface area (Å²) < 4.78 is 28.0. The SMILES string of the molecule is O=S(=O)(c1ccccc1Br)N1CCN(c2ccc(N3CCCCCC3)nn2)CC1. The first-order chi connectivity index (χ1) is 14.1. The monoisotopic (exact) mass is 479 g/mol. The predicted molar refractivity (Wildman–Crippen MR) is 118 cm³/mol. The summed E-state index contributed by atoms with van der Waals surface area (Å²) in [5.74, 6) is 1.74. The molecule has 2 aromatic rings. The quantitative estimate of drug-likeness (QED) is 0.670. The van der Waals surface area contributed by atoms with Crippen LogP contribution in [-0.4, -0.2) is 62.2 Å². The average molecular weight is 480 g/mol. The number of sulfonamides is 1. The van der Waals surface area contributed by atoms with Crippen LogP contribution in [0.15, 0.2) is 45.8 Å². The highest BCUT2D eigenvalue weighted by atomic mass is 79.9. The molecule has 3 heterocycles. The van der Waals surface area contributed by atoms with E-state index in [4.69, 9.17) is 0 Å². The van der Waals surface area contributed by atoms with Gasteiger partial charge in [0.1, 0.15) is 0 Å². The van der Waals surface area contributed by atoms with Crippen molar-refractivity contribution in [2.45, 2.75) is 30.6 Å². The summed E-state index contributed by atoms with van der Waals surface area (Å²) in [6.07, 6.45) is 4.98. The largest absolute Gasteiger partial charge is 0.355 e. The van der Waals surface area contributed by atoms with E-state index in [2.05, 4.69) is 35.9 Å². The first-order valence-electron chi connectivity index (χ1n) is 10.1. The highest BCUT2D eigenvalue weighted by Gasteiger charge is 2.30. The summed E-state index contributed by atoms with van der Waals surface area (Å²) in [5.41, 5.74) is 0. The Morgan fingerprint density at radius 2 is 1.28 bits per heavy atom. The van der Waals surface area contributed by atoms with Crippen LogP contribution in [0.1, 0.15) is 25.7 Å². The Bertz CT molecular complexity index is 922. The van der Waals surface area contributed by atoms with Crippen LogP contribution in [0.5, 0.6) is 0 Å². The van der Waals surface area contributed by atoms with Gasteiger partial charge in [0.15, 0.2) is 11.6 Å². The molecule has 7 nitrogen and oxygen atoms in total. The van der Waals surface area contributed by atoms with Crippen LogP contribution in [-0.2, 0) is 10.0 Å². The van der Waals surface area contributed by atoms with Crippen molar-refractivity contribution in [3.63, 3.8) is 0 Å². The fraction of sp³-hybridized carbons (Fsp3) is 0.500. The maximum Gasteiger partial charge on any atom is 0.244 e. The van der Waals surface area contributed by atoms with Crippen molar-refractivity contribution in [3.05, 3.63) is 40.9 Å². The molecule has 1 aromatic carbocycles. The molecule has 0 bridgehead atoms. The van der Waals surface area contributed by atoms with Gasteiger partial charge >= 0.3 is 0 Å². The smallest absolute Gasteiger partial charge is 0.244 e. The Morgan fingerprint density at radius 3 is 1.83 bits per heavy atom. The van der Waals surface area contributed by atoms with Crippen molar-refractivity contribution in [2.75, 3.05) is 49.1 Å². The van der Waals surface area contributed by atoms with E-state index in [-0.39, 0.29) is 0 Å². The number of rotatable bonds is 4. The molecule has 9 heteroatoms. The van der Waals surface area contributed by atoms with Crippen LogP contribution in [0.25, 0.3) is 0 Å². The lowest BCUT2D eigenvalue weighted by molar-refractivity contribution is 0.383. The molecule has 0 N–H and O–H groups in total. The van der Waals surface area contributed by atoms with E-state index in [0.717, 1.165) is 24.7 Å². The number of halogens is 1. The van der Waals surface area contributed by atoms with Crippen molar-refractivity contribution in [3.8, 4) is 0 Å². The summed E-state index contributed by atoms with van der Waals surface area (Å²) in [6, 6.07) is 11.0. The van der Waals surface area contributed by atoms with Crippen molar-refractivity contribution < 1.29 is 8.42 Å². The topological polar surface area (TPSA) is 69.6 Å². The number of nitrogens with zero attached hydrogens (tertiary/aromatic N) is 5. The summed E-state index contributed by atoms with van der Waals surface area (Å²) >= 11 is 3.35. The second-order valence-corrected chi connectivity index (χ2v) is 10.2. The maximum atomic E-state index is 12.9. The first-order valence-corrected chi connectivity index (χ1v) is 12.4. The fourth-order valence-corrected chi connectivity index (χ4v) is 6.29. The van der Waals surface area contributed by atoms with Gasteiger partial charge in [0.2, 0.25) is 10.0 Å². The highest BCUT2D eigenvalue weighted by Crippen LogP contribution is 2.26. The molecule has 0 atom stereocenters. The lowest BCUT2D eigenvalue weighted by atomic mass is 10.2. The van der Waals surface area contributed by atoms with E-state index >= 15 is 0 Å². The van der Waals surface area contributed by atoms with E-state index in [1.807, 2.05) is 18.2 Å². The van der Waals surface area contributed by atoms with Crippen molar-refractivity contribution in [2.24, 2.45) is 0 Å². The Kier molecular flexibility index (Phi) is 6.36. The number of benzene rings is 1. The van der Waals surface area contributed by atoms with Crippen molar-refractivity contribution >= 4 is 37.6 Å². The molecule has 2 aliphatic rings. The van der Waals surface area contributed by atoms with Gasteiger partial charge in [-0.25, -0.2) is 8.42 Å². The number of anilines is 2. The molecule has 0 saturated carbocycles. The minimum Gasteiger partial charge on any atom is -0.355 e. The second kappa shape index (κ2) is 8.97. The van der Waals surface area contributed by atoms with Gasteiger partial charge in [0.25, 0.3) is 0 Å². The second-order valence-electron chi connectivity index (χ2n) is 7.47. The van der Waals surface area contributed by atoms with Gasteiger partial charge in [-0.1, -0.05) is 25.0 Å². The van der Waals surface area contributed by atoms with Crippen molar-refractivity contribution in [1.29, 1.82) is 0 Å². The minimum atomic E-state index is -3.51. The Morgan fingerprint density at radius 1 is 0.724 bits per heavy atom. The van der Waals surface area contributed by atoms with Crippen LogP contribution in [0.4, 0.5) is 11.6 Å². The summed E-state index contributed by atoms with van der Waals surface area (Å²) in [6.45, 7) is 4.14. The van der Waals surface area contributed by atoms with Gasteiger partial charge in [-0.05, 0) is 53.0 Å². The molecule has 0 unspecified atom stereocenters. The van der Waals surface area contributed by atoms with Crippen LogP contribution in [0.2, 0.25) is 0 Å². The standard InChI is InChI=1S/C20H26BrN5O2S/c21-17-7-3-4-8-18(17)29(27,28)26-15-13-25(14-16-26)20-10-9-19(22-23-20)24-11-5-1-2-6-12-24/h3-4,7-10H,1-2,5-6,11-16H2. The summed E-state index contributed by atoms with van der Waals surface area (Å²) in [5, 5.41) is 8.87. The number of hydrogen-bond donors (Lipinski definition) is 0. The molecule has 2 fully saturated rings. The maximum absolute atomic E-state index is 12.9. The van der Waals surface area contributed by atoms with E-state index in [0.29, 0.717) is 35.5 Å². The van der Waals surface area contributed by atoms with E-state index < -0.39 is 10.0 Å². The van der Waals surface area contributed by atoms with Gasteiger partial charge in [0.05, 0.1) is 4.90 Å². The zero-order valence-corrected chi connectivity index (χ0v) is 18.8. The molecular formula is C20H26BrN5O2S. The molecule has 156 valence electrons. The van der Waals surface area contributed by atoms with Crippen LogP contribution in [0.3, 0.4) is 0 Å². The van der Waals surface area contributed by atoms with E-state index in [1.165, 1.54) is 25.7 Å². The third-order valence-corrected chi connectivity index (χ3v) is 8.49. The zero-order chi connectivity index (χ0) is 20.3.